The first-order valence-electron chi connectivity index (χ1n) is 7.30. The summed E-state index contributed by atoms with van der Waals surface area (Å²) in [7, 11) is 0. The summed E-state index contributed by atoms with van der Waals surface area (Å²) in [5.74, 6) is -0.410. The van der Waals surface area contributed by atoms with E-state index in [1.165, 1.54) is 23.1 Å². The molecule has 1 aliphatic rings. The Morgan fingerprint density at radius 1 is 1.35 bits per heavy atom. The highest BCUT2D eigenvalue weighted by atomic mass is 32.2. The zero-order chi connectivity index (χ0) is 16.8. The van der Waals surface area contributed by atoms with E-state index in [0.717, 1.165) is 12.8 Å². The van der Waals surface area contributed by atoms with Crippen molar-refractivity contribution < 1.29 is 19.1 Å². The Morgan fingerprint density at radius 2 is 2.09 bits per heavy atom. The van der Waals surface area contributed by atoms with Gasteiger partial charge in [-0.15, -0.1) is 10.2 Å². The highest BCUT2D eigenvalue weighted by molar-refractivity contribution is 8.01. The van der Waals surface area contributed by atoms with Gasteiger partial charge in [-0.25, -0.2) is 4.79 Å². The van der Waals surface area contributed by atoms with Gasteiger partial charge in [-0.3, -0.25) is 19.8 Å². The summed E-state index contributed by atoms with van der Waals surface area (Å²) in [5, 5.41) is 10.7. The molecule has 8 nitrogen and oxygen atoms in total. The normalized spacial score (nSPS) is 13.5. The number of imide groups is 1. The number of nitrogens with one attached hydrogen (secondary N) is 1. The van der Waals surface area contributed by atoms with Crippen molar-refractivity contribution in [2.24, 2.45) is 0 Å². The van der Waals surface area contributed by atoms with Gasteiger partial charge in [0.15, 0.2) is 4.34 Å². The SMILES string of the molecule is CCOC(=O)NC(=O)CSc1nnc(N(C(=O)CC)C2CC2)s1. The molecule has 3 amide bonds. The first kappa shape index (κ1) is 17.7. The molecule has 2 rings (SSSR count). The van der Waals surface area contributed by atoms with E-state index >= 15 is 0 Å². The highest BCUT2D eigenvalue weighted by Crippen LogP contribution is 2.36. The number of carbonyl (C=O) groups excluding carboxylic acids is 3. The molecular formula is C13H18N4O4S2. The lowest BCUT2D eigenvalue weighted by molar-refractivity contribution is -0.119. The van der Waals surface area contributed by atoms with Gasteiger partial charge in [0.25, 0.3) is 0 Å². The van der Waals surface area contributed by atoms with Crippen molar-refractivity contribution in [3.63, 3.8) is 0 Å². The second-order valence-electron chi connectivity index (χ2n) is 4.76. The molecule has 0 spiro atoms. The van der Waals surface area contributed by atoms with Gasteiger partial charge in [-0.1, -0.05) is 30.0 Å². The summed E-state index contributed by atoms with van der Waals surface area (Å²) in [6.45, 7) is 3.67. The van der Waals surface area contributed by atoms with Crippen LogP contribution in [0.3, 0.4) is 0 Å². The van der Waals surface area contributed by atoms with Crippen molar-refractivity contribution in [3.05, 3.63) is 0 Å². The van der Waals surface area contributed by atoms with Crippen LogP contribution in [0.1, 0.15) is 33.1 Å². The van der Waals surface area contributed by atoms with Crippen molar-refractivity contribution in [3.8, 4) is 0 Å². The van der Waals surface area contributed by atoms with E-state index in [1.807, 2.05) is 6.92 Å². The molecule has 126 valence electrons. The molecule has 0 bridgehead atoms. The summed E-state index contributed by atoms with van der Waals surface area (Å²) >= 11 is 2.44. The van der Waals surface area contributed by atoms with E-state index in [2.05, 4.69) is 20.3 Å². The van der Waals surface area contributed by atoms with Crippen molar-refractivity contribution in [2.75, 3.05) is 17.3 Å². The molecule has 1 aliphatic carbocycles. The lowest BCUT2D eigenvalue weighted by Gasteiger charge is -2.17. The van der Waals surface area contributed by atoms with Crippen LogP contribution in [0.4, 0.5) is 9.93 Å². The van der Waals surface area contributed by atoms with E-state index in [4.69, 9.17) is 0 Å². The second kappa shape index (κ2) is 8.25. The topological polar surface area (TPSA) is 101 Å². The average molecular weight is 358 g/mol. The molecule has 10 heteroatoms. The van der Waals surface area contributed by atoms with Crippen LogP contribution >= 0.6 is 23.1 Å². The van der Waals surface area contributed by atoms with E-state index in [0.29, 0.717) is 15.9 Å². The number of aromatic nitrogens is 2. The maximum Gasteiger partial charge on any atom is 0.413 e. The fraction of sp³-hybridized carbons (Fsp3) is 0.615. The quantitative estimate of drug-likeness (QED) is 0.586. The van der Waals surface area contributed by atoms with Gasteiger partial charge in [0.2, 0.25) is 16.9 Å². The second-order valence-corrected chi connectivity index (χ2v) is 6.93. The standard InChI is InChI=1S/C13H18N4O4S2/c1-3-10(19)17(8-5-6-8)11-15-16-13(23-11)22-7-9(18)14-12(20)21-4-2/h8H,3-7H2,1-2H3,(H,14,18,20). The lowest BCUT2D eigenvalue weighted by atomic mass is 10.4. The molecule has 0 radical (unpaired) electrons. The molecule has 0 unspecified atom stereocenters. The summed E-state index contributed by atoms with van der Waals surface area (Å²) in [4.78, 5) is 36.4. The van der Waals surface area contributed by atoms with Crippen LogP contribution in [-0.2, 0) is 14.3 Å². The van der Waals surface area contributed by atoms with Gasteiger partial charge in [0.1, 0.15) is 0 Å². The molecular weight excluding hydrogens is 340 g/mol. The number of nitrogens with zero attached hydrogens (tertiary/aromatic N) is 3. The van der Waals surface area contributed by atoms with Gasteiger partial charge >= 0.3 is 6.09 Å². The van der Waals surface area contributed by atoms with Crippen LogP contribution in [0.25, 0.3) is 0 Å². The van der Waals surface area contributed by atoms with E-state index in [1.54, 1.807) is 11.8 Å². The fourth-order valence-corrected chi connectivity index (χ4v) is 3.50. The minimum absolute atomic E-state index is 0.0264. The van der Waals surface area contributed by atoms with Gasteiger partial charge in [0, 0.05) is 12.5 Å². The fourth-order valence-electron chi connectivity index (χ4n) is 1.77. The van der Waals surface area contributed by atoms with Crippen LogP contribution in [0.2, 0.25) is 0 Å². The Morgan fingerprint density at radius 3 is 2.70 bits per heavy atom. The van der Waals surface area contributed by atoms with Crippen LogP contribution < -0.4 is 10.2 Å². The summed E-state index contributed by atoms with van der Waals surface area (Å²) in [6.07, 6.45) is 1.62. The van der Waals surface area contributed by atoms with Crippen molar-refractivity contribution in [2.45, 2.75) is 43.5 Å². The number of rotatable bonds is 7. The number of amides is 3. The van der Waals surface area contributed by atoms with E-state index in [9.17, 15) is 14.4 Å². The molecule has 0 saturated heterocycles. The number of hydrogen-bond donors (Lipinski definition) is 1. The van der Waals surface area contributed by atoms with E-state index in [-0.39, 0.29) is 24.3 Å². The molecule has 1 aromatic heterocycles. The molecule has 0 aliphatic heterocycles. The highest BCUT2D eigenvalue weighted by Gasteiger charge is 2.35. The molecule has 1 saturated carbocycles. The minimum atomic E-state index is -0.760. The monoisotopic (exact) mass is 358 g/mol. The Bertz CT molecular complexity index is 588. The Labute approximate surface area is 142 Å². The van der Waals surface area contributed by atoms with Crippen molar-refractivity contribution in [1.82, 2.24) is 15.5 Å². The minimum Gasteiger partial charge on any atom is -0.450 e. The maximum absolute atomic E-state index is 12.0. The van der Waals surface area contributed by atoms with Crippen molar-refractivity contribution in [1.29, 1.82) is 0 Å². The summed E-state index contributed by atoms with van der Waals surface area (Å²) in [6, 6.07) is 0.223. The molecule has 1 fully saturated rings. The molecule has 1 aromatic rings. The Hall–Kier alpha value is -1.68. The van der Waals surface area contributed by atoms with Crippen LogP contribution in [0, 0.1) is 0 Å². The molecule has 1 N–H and O–H groups in total. The van der Waals surface area contributed by atoms with Gasteiger partial charge < -0.3 is 4.74 Å². The predicted molar refractivity (Wildman–Crippen MR) is 86.6 cm³/mol. The third-order valence-electron chi connectivity index (χ3n) is 2.93. The number of ether oxygens (including phenoxy) is 1. The average Bonchev–Trinajstić information content (AvgIpc) is 3.23. The lowest BCUT2D eigenvalue weighted by Crippen LogP contribution is -2.32. The number of hydrogen-bond acceptors (Lipinski definition) is 8. The van der Waals surface area contributed by atoms with Gasteiger partial charge in [-0.2, -0.15) is 0 Å². The predicted octanol–water partition coefficient (Wildman–Crippen LogP) is 1.81. The number of anilines is 1. The van der Waals surface area contributed by atoms with Gasteiger partial charge in [0.05, 0.1) is 12.4 Å². The Kier molecular flexibility index (Phi) is 6.34. The maximum atomic E-state index is 12.0. The summed E-state index contributed by atoms with van der Waals surface area (Å²) in [5.41, 5.74) is 0. The number of alkyl carbamates (subject to hydrolysis) is 1. The first-order chi connectivity index (χ1) is 11.0. The third-order valence-corrected chi connectivity index (χ3v) is 4.98. The smallest absolute Gasteiger partial charge is 0.413 e. The number of thioether (sulfide) groups is 1. The molecule has 0 aromatic carbocycles. The zero-order valence-corrected chi connectivity index (χ0v) is 14.5. The van der Waals surface area contributed by atoms with Crippen LogP contribution in [0.5, 0.6) is 0 Å². The van der Waals surface area contributed by atoms with Gasteiger partial charge in [-0.05, 0) is 19.8 Å². The largest absolute Gasteiger partial charge is 0.450 e. The zero-order valence-electron chi connectivity index (χ0n) is 12.9. The van der Waals surface area contributed by atoms with Crippen molar-refractivity contribution >= 4 is 46.1 Å². The number of carbonyl (C=O) groups is 3. The Balaban J connectivity index is 1.88. The van der Waals surface area contributed by atoms with Crippen LogP contribution in [-0.4, -0.2) is 46.5 Å². The first-order valence-corrected chi connectivity index (χ1v) is 9.10. The molecule has 0 atom stereocenters. The summed E-state index contributed by atoms with van der Waals surface area (Å²) < 4.78 is 5.20. The third kappa shape index (κ3) is 5.17. The van der Waals surface area contributed by atoms with E-state index < -0.39 is 12.0 Å². The molecule has 1 heterocycles. The van der Waals surface area contributed by atoms with Crippen LogP contribution in [0.15, 0.2) is 4.34 Å². The molecule has 23 heavy (non-hydrogen) atoms.